The molecule has 0 saturated heterocycles. The van der Waals surface area contributed by atoms with Crippen molar-refractivity contribution in [2.24, 2.45) is 11.7 Å². The van der Waals surface area contributed by atoms with Crippen molar-refractivity contribution < 1.29 is 0 Å². The second-order valence-corrected chi connectivity index (χ2v) is 5.62. The molecule has 4 unspecified atom stereocenters. The van der Waals surface area contributed by atoms with Crippen LogP contribution in [0.5, 0.6) is 0 Å². The SMILES string of the molecule is NC1CCCC1CNC1CC1c1ccccc1. The molecule has 1 aromatic rings. The summed E-state index contributed by atoms with van der Waals surface area (Å²) in [6, 6.07) is 12.0. The normalized spacial score (nSPS) is 36.1. The average molecular weight is 230 g/mol. The summed E-state index contributed by atoms with van der Waals surface area (Å²) in [6.45, 7) is 1.12. The highest BCUT2D eigenvalue weighted by Gasteiger charge is 2.38. The molecule has 3 N–H and O–H groups in total. The van der Waals surface area contributed by atoms with E-state index < -0.39 is 0 Å². The fourth-order valence-electron chi connectivity index (χ4n) is 3.11. The van der Waals surface area contributed by atoms with Crippen LogP contribution in [0.2, 0.25) is 0 Å². The zero-order chi connectivity index (χ0) is 11.7. The van der Waals surface area contributed by atoms with Gasteiger partial charge in [-0.3, -0.25) is 0 Å². The number of benzene rings is 1. The van der Waals surface area contributed by atoms with Gasteiger partial charge >= 0.3 is 0 Å². The Balaban J connectivity index is 1.47. The van der Waals surface area contributed by atoms with Gasteiger partial charge in [0.15, 0.2) is 0 Å². The molecule has 0 bridgehead atoms. The first-order valence-corrected chi connectivity index (χ1v) is 6.88. The predicted molar refractivity (Wildman–Crippen MR) is 70.9 cm³/mol. The van der Waals surface area contributed by atoms with E-state index in [-0.39, 0.29) is 0 Å². The summed E-state index contributed by atoms with van der Waals surface area (Å²) in [4.78, 5) is 0. The average Bonchev–Trinajstić information content (AvgIpc) is 3.04. The molecule has 2 aliphatic rings. The highest BCUT2D eigenvalue weighted by Crippen LogP contribution is 2.40. The zero-order valence-electron chi connectivity index (χ0n) is 10.3. The quantitative estimate of drug-likeness (QED) is 0.832. The Kier molecular flexibility index (Phi) is 3.17. The highest BCUT2D eigenvalue weighted by atomic mass is 15.0. The summed E-state index contributed by atoms with van der Waals surface area (Å²) < 4.78 is 0. The molecule has 3 rings (SSSR count). The van der Waals surface area contributed by atoms with Gasteiger partial charge in [-0.1, -0.05) is 36.8 Å². The molecule has 2 aliphatic carbocycles. The molecule has 0 spiro atoms. The molecule has 0 aliphatic heterocycles. The third-order valence-corrected chi connectivity index (χ3v) is 4.38. The lowest BCUT2D eigenvalue weighted by molar-refractivity contribution is 0.439. The van der Waals surface area contributed by atoms with Crippen LogP contribution in [0.1, 0.15) is 37.2 Å². The van der Waals surface area contributed by atoms with Crippen LogP contribution in [0, 0.1) is 5.92 Å². The molecule has 1 aromatic carbocycles. The van der Waals surface area contributed by atoms with Gasteiger partial charge in [0, 0.05) is 18.0 Å². The summed E-state index contributed by atoms with van der Waals surface area (Å²) in [6.07, 6.45) is 5.16. The van der Waals surface area contributed by atoms with Gasteiger partial charge in [0.25, 0.3) is 0 Å². The van der Waals surface area contributed by atoms with Gasteiger partial charge in [0.1, 0.15) is 0 Å². The van der Waals surface area contributed by atoms with Gasteiger partial charge < -0.3 is 11.1 Å². The summed E-state index contributed by atoms with van der Waals surface area (Å²) in [7, 11) is 0. The minimum atomic E-state index is 0.441. The molecule has 4 atom stereocenters. The van der Waals surface area contributed by atoms with Crippen molar-refractivity contribution >= 4 is 0 Å². The van der Waals surface area contributed by atoms with Crippen molar-refractivity contribution in [2.75, 3.05) is 6.54 Å². The summed E-state index contributed by atoms with van der Waals surface area (Å²) in [5.41, 5.74) is 7.58. The Morgan fingerprint density at radius 3 is 2.71 bits per heavy atom. The van der Waals surface area contributed by atoms with E-state index in [9.17, 15) is 0 Å². The first-order valence-electron chi connectivity index (χ1n) is 6.88. The van der Waals surface area contributed by atoms with Gasteiger partial charge in [-0.15, -0.1) is 0 Å². The molecule has 92 valence electrons. The maximum absolute atomic E-state index is 6.09. The van der Waals surface area contributed by atoms with E-state index in [0.29, 0.717) is 18.0 Å². The monoisotopic (exact) mass is 230 g/mol. The molecule has 17 heavy (non-hydrogen) atoms. The van der Waals surface area contributed by atoms with Crippen LogP contribution >= 0.6 is 0 Å². The minimum Gasteiger partial charge on any atom is -0.327 e. The number of nitrogens with one attached hydrogen (secondary N) is 1. The van der Waals surface area contributed by atoms with Gasteiger partial charge in [-0.25, -0.2) is 0 Å². The lowest BCUT2D eigenvalue weighted by Crippen LogP contribution is -2.34. The number of nitrogens with two attached hydrogens (primary N) is 1. The fraction of sp³-hybridized carbons (Fsp3) is 0.600. The second-order valence-electron chi connectivity index (χ2n) is 5.62. The Hall–Kier alpha value is -0.860. The molecule has 0 aromatic heterocycles. The van der Waals surface area contributed by atoms with E-state index in [0.717, 1.165) is 12.5 Å². The first kappa shape index (κ1) is 11.2. The summed E-state index contributed by atoms with van der Waals surface area (Å²) in [5.74, 6) is 1.46. The van der Waals surface area contributed by atoms with E-state index >= 15 is 0 Å². The number of hydrogen-bond donors (Lipinski definition) is 2. The molecule has 0 radical (unpaired) electrons. The van der Waals surface area contributed by atoms with E-state index in [1.165, 1.54) is 31.2 Å². The number of rotatable bonds is 4. The van der Waals surface area contributed by atoms with Crippen LogP contribution in [0.25, 0.3) is 0 Å². The maximum Gasteiger partial charge on any atom is 0.0143 e. The maximum atomic E-state index is 6.09. The predicted octanol–water partition coefficient (Wildman–Crippen LogP) is 2.26. The second kappa shape index (κ2) is 4.79. The summed E-state index contributed by atoms with van der Waals surface area (Å²) >= 11 is 0. The smallest absolute Gasteiger partial charge is 0.0143 e. The molecule has 0 amide bonds. The van der Waals surface area contributed by atoms with Gasteiger partial charge in [0.2, 0.25) is 0 Å². The van der Waals surface area contributed by atoms with Crippen LogP contribution in [0.4, 0.5) is 0 Å². The summed E-state index contributed by atoms with van der Waals surface area (Å²) in [5, 5.41) is 3.70. The minimum absolute atomic E-state index is 0.441. The van der Waals surface area contributed by atoms with Crippen molar-refractivity contribution in [2.45, 2.75) is 43.7 Å². The van der Waals surface area contributed by atoms with Crippen LogP contribution in [0.3, 0.4) is 0 Å². The molecule has 2 nitrogen and oxygen atoms in total. The molecule has 2 heteroatoms. The standard InChI is InChI=1S/C15H22N2/c16-14-8-4-7-12(14)10-17-15-9-13(15)11-5-2-1-3-6-11/h1-3,5-6,12-15,17H,4,7-10,16H2. The third kappa shape index (κ3) is 2.53. The van der Waals surface area contributed by atoms with Crippen molar-refractivity contribution in [1.29, 1.82) is 0 Å². The zero-order valence-corrected chi connectivity index (χ0v) is 10.3. The Morgan fingerprint density at radius 2 is 2.00 bits per heavy atom. The first-order chi connectivity index (χ1) is 8.34. The van der Waals surface area contributed by atoms with Crippen LogP contribution in [0.15, 0.2) is 30.3 Å². The largest absolute Gasteiger partial charge is 0.327 e. The van der Waals surface area contributed by atoms with E-state index in [2.05, 4.69) is 35.6 Å². The van der Waals surface area contributed by atoms with Crippen LogP contribution in [-0.2, 0) is 0 Å². The van der Waals surface area contributed by atoms with E-state index in [1.54, 1.807) is 0 Å². The molecule has 2 fully saturated rings. The topological polar surface area (TPSA) is 38.0 Å². The molecule has 0 heterocycles. The van der Waals surface area contributed by atoms with Crippen molar-refractivity contribution in [3.63, 3.8) is 0 Å². The van der Waals surface area contributed by atoms with Gasteiger partial charge in [-0.05, 0) is 37.3 Å². The van der Waals surface area contributed by atoms with Crippen molar-refractivity contribution in [3.8, 4) is 0 Å². The molecule has 2 saturated carbocycles. The van der Waals surface area contributed by atoms with Crippen LogP contribution in [-0.4, -0.2) is 18.6 Å². The van der Waals surface area contributed by atoms with Gasteiger partial charge in [-0.2, -0.15) is 0 Å². The molecular weight excluding hydrogens is 208 g/mol. The third-order valence-electron chi connectivity index (χ3n) is 4.38. The van der Waals surface area contributed by atoms with Crippen LogP contribution < -0.4 is 11.1 Å². The fourth-order valence-corrected chi connectivity index (χ4v) is 3.11. The van der Waals surface area contributed by atoms with Crippen molar-refractivity contribution in [1.82, 2.24) is 5.32 Å². The van der Waals surface area contributed by atoms with E-state index in [4.69, 9.17) is 5.73 Å². The van der Waals surface area contributed by atoms with E-state index in [1.807, 2.05) is 0 Å². The van der Waals surface area contributed by atoms with Crippen molar-refractivity contribution in [3.05, 3.63) is 35.9 Å². The lowest BCUT2D eigenvalue weighted by atomic mass is 10.0. The van der Waals surface area contributed by atoms with Gasteiger partial charge in [0.05, 0.1) is 0 Å². The Labute approximate surface area is 104 Å². The Bertz CT molecular complexity index is 362. The molecular formula is C15H22N2. The Morgan fingerprint density at radius 1 is 1.18 bits per heavy atom. The lowest BCUT2D eigenvalue weighted by Gasteiger charge is -2.15. The number of hydrogen-bond acceptors (Lipinski definition) is 2. The highest BCUT2D eigenvalue weighted by molar-refractivity contribution is 5.27.